The molecule has 0 unspecified atom stereocenters. The summed E-state index contributed by atoms with van der Waals surface area (Å²) in [7, 11) is 0. The number of nitrogens with zero attached hydrogens (tertiary/aromatic N) is 2. The third-order valence-electron chi connectivity index (χ3n) is 22.0. The highest BCUT2D eigenvalue weighted by Gasteiger charge is 2.49. The Labute approximate surface area is 624 Å². The fourth-order valence-corrected chi connectivity index (χ4v) is 16.4. The molecule has 13 aromatic carbocycles. The molecule has 0 bridgehead atoms. The lowest BCUT2D eigenvalue weighted by Crippen LogP contribution is -2.59. The minimum Gasteiger partial charge on any atom is -0.458 e. The molecule has 4 heteroatoms. The first-order valence-corrected chi connectivity index (χ1v) is 36.3. The second-order valence-electron chi connectivity index (χ2n) is 33.8. The summed E-state index contributed by atoms with van der Waals surface area (Å²) in [6.45, 7) is 33.7. The topological polar surface area (TPSA) is 17.4 Å². The average molecular weight is 1350 g/mol. The minimum absolute atomic E-state index is 0.162. The summed E-state index contributed by atoms with van der Waals surface area (Å²) in [5.74, 6) is 1.17. The number of fused-ring (bicyclic) bond motifs is 10. The Hall–Kier alpha value is -10.7. The molecule has 1 aromatic heterocycles. The predicted molar refractivity (Wildman–Crippen MR) is 439 cm³/mol. The highest BCUT2D eigenvalue weighted by molar-refractivity contribution is 6.99. The lowest BCUT2D eigenvalue weighted by atomic mass is 9.34. The van der Waals surface area contributed by atoms with Gasteiger partial charge in [0.2, 0.25) is 0 Å². The van der Waals surface area contributed by atoms with Crippen LogP contribution < -0.4 is 26.0 Å². The van der Waals surface area contributed by atoms with Crippen LogP contribution in [0.25, 0.3) is 83.1 Å². The zero-order valence-electron chi connectivity index (χ0n) is 71.7. The van der Waals surface area contributed by atoms with Gasteiger partial charge in [-0.1, -0.05) is 322 Å². The Morgan fingerprint density at radius 3 is 1.40 bits per heavy atom. The number of hydrogen-bond acceptors (Lipinski definition) is 2. The lowest BCUT2D eigenvalue weighted by Gasteiger charge is -2.42. The molecule has 2 aliphatic heterocycles. The molecule has 0 saturated carbocycles. The molecule has 0 spiro atoms. The first-order valence-electron chi connectivity index (χ1n) is 41.3. The zero-order chi connectivity index (χ0) is 80.1. The van der Waals surface area contributed by atoms with E-state index < -0.39 is 72.6 Å². The van der Waals surface area contributed by atoms with Crippen molar-refractivity contribution in [1.29, 1.82) is 0 Å². The summed E-state index contributed by atoms with van der Waals surface area (Å²) in [5, 5.41) is 2.27. The lowest BCUT2D eigenvalue weighted by molar-refractivity contribution is 0.487. The number of benzene rings is 13. The molecule has 0 atom stereocenters. The SMILES string of the molecule is [2H]c1c([2H])c([2H])c(C2(c3c([2H])c([2H])c([2H])c([2H])c3[2H])c3ccccc3-c3cccc(-c4ccc5c(c4)Oc4cc(-n6c7ccc(C(C)(C)C)cc7c7cc(C(C)(C)C)ccc76)cc6c4B5c4ccc(-c5cc(C(C)(C)C)cc(C(C)(C)C)c5)cc4N6c4c(-c5ccccc5)cc(C(C)(C)C)cc4-c4ccccc4)c32)c([2H])c1[2H]. The van der Waals surface area contributed by atoms with Crippen molar-refractivity contribution in [1.82, 2.24) is 4.57 Å². The van der Waals surface area contributed by atoms with E-state index in [-0.39, 0.29) is 38.2 Å². The van der Waals surface area contributed by atoms with Crippen molar-refractivity contribution in [3.63, 3.8) is 0 Å². The maximum Gasteiger partial charge on any atom is 0.256 e. The van der Waals surface area contributed by atoms with Gasteiger partial charge in [-0.3, -0.25) is 0 Å². The van der Waals surface area contributed by atoms with Gasteiger partial charge in [-0.25, -0.2) is 0 Å². The van der Waals surface area contributed by atoms with Crippen molar-refractivity contribution in [2.45, 2.75) is 136 Å². The fraction of sp³-hybridized carbons (Fsp3) is 0.212. The molecule has 3 aliphatic rings. The van der Waals surface area contributed by atoms with E-state index in [4.69, 9.17) is 7.48 Å². The van der Waals surface area contributed by atoms with Gasteiger partial charge in [-0.05, 0) is 193 Å². The second-order valence-corrected chi connectivity index (χ2v) is 33.8. The molecule has 0 radical (unpaired) electrons. The maximum absolute atomic E-state index is 9.96. The van der Waals surface area contributed by atoms with Crippen LogP contribution in [0.15, 0.2) is 279 Å². The summed E-state index contributed by atoms with van der Waals surface area (Å²) in [5.41, 5.74) is 20.8. The van der Waals surface area contributed by atoms with E-state index in [2.05, 4.69) is 283 Å². The highest BCUT2D eigenvalue weighted by Crippen LogP contribution is 2.60. The Morgan fingerprint density at radius 2 is 0.845 bits per heavy atom. The van der Waals surface area contributed by atoms with Crippen molar-refractivity contribution < 1.29 is 18.4 Å². The largest absolute Gasteiger partial charge is 0.458 e. The van der Waals surface area contributed by atoms with Crippen LogP contribution in [0.5, 0.6) is 11.5 Å². The second kappa shape index (κ2) is 23.7. The van der Waals surface area contributed by atoms with Crippen LogP contribution in [0.1, 0.15) is 168 Å². The Bertz CT molecular complexity index is 6090. The Morgan fingerprint density at radius 1 is 0.350 bits per heavy atom. The first kappa shape index (κ1) is 55.0. The van der Waals surface area contributed by atoms with E-state index in [1.807, 2.05) is 36.4 Å². The van der Waals surface area contributed by atoms with Gasteiger partial charge >= 0.3 is 0 Å². The first-order chi connectivity index (χ1) is 53.4. The Balaban J connectivity index is 1.02. The van der Waals surface area contributed by atoms with Crippen molar-refractivity contribution >= 4 is 62.0 Å². The van der Waals surface area contributed by atoms with Crippen molar-refractivity contribution in [2.24, 2.45) is 0 Å². The Kier molecular flexibility index (Phi) is 12.7. The van der Waals surface area contributed by atoms with Gasteiger partial charge < -0.3 is 14.2 Å². The van der Waals surface area contributed by atoms with Crippen molar-refractivity contribution in [2.75, 3.05) is 4.90 Å². The molecule has 506 valence electrons. The van der Waals surface area contributed by atoms with Gasteiger partial charge in [-0.15, -0.1) is 0 Å². The van der Waals surface area contributed by atoms with E-state index in [9.17, 15) is 11.0 Å². The van der Waals surface area contributed by atoms with Crippen LogP contribution >= 0.6 is 0 Å². The molecule has 0 fully saturated rings. The molecular formula is C99H91BN2O. The summed E-state index contributed by atoms with van der Waals surface area (Å²) >= 11 is 0. The van der Waals surface area contributed by atoms with Crippen molar-refractivity contribution in [3.8, 4) is 72.8 Å². The molecule has 0 N–H and O–H groups in total. The fourth-order valence-electron chi connectivity index (χ4n) is 16.4. The van der Waals surface area contributed by atoms with Gasteiger partial charge in [0.05, 0.1) is 41.5 Å². The van der Waals surface area contributed by atoms with Crippen LogP contribution in [0.2, 0.25) is 0 Å². The smallest absolute Gasteiger partial charge is 0.256 e. The van der Waals surface area contributed by atoms with E-state index in [1.54, 1.807) is 12.1 Å². The van der Waals surface area contributed by atoms with E-state index in [0.717, 1.165) is 94.3 Å². The van der Waals surface area contributed by atoms with Crippen LogP contribution in [0, 0.1) is 0 Å². The molecular weight excluding hydrogens is 1240 g/mol. The van der Waals surface area contributed by atoms with Crippen LogP contribution in [-0.2, 0) is 32.5 Å². The third kappa shape index (κ3) is 10.8. The number of hydrogen-bond donors (Lipinski definition) is 0. The summed E-state index contributed by atoms with van der Waals surface area (Å²) in [4.78, 5) is 2.56. The summed E-state index contributed by atoms with van der Waals surface area (Å²) in [6.07, 6.45) is 0. The molecule has 3 nitrogen and oxygen atoms in total. The molecule has 1 aliphatic carbocycles. The minimum atomic E-state index is -2.11. The number of aromatic nitrogens is 1. The van der Waals surface area contributed by atoms with Gasteiger partial charge in [0.15, 0.2) is 0 Å². The van der Waals surface area contributed by atoms with E-state index >= 15 is 0 Å². The van der Waals surface area contributed by atoms with E-state index in [0.29, 0.717) is 44.9 Å². The van der Waals surface area contributed by atoms with Crippen LogP contribution in [-0.4, -0.2) is 11.3 Å². The van der Waals surface area contributed by atoms with Gasteiger partial charge in [0, 0.05) is 39.3 Å². The van der Waals surface area contributed by atoms with E-state index in [1.165, 1.54) is 27.8 Å². The monoisotopic (exact) mass is 1340 g/mol. The standard InChI is InChI=1S/C99H91BN2O/c1-94(2,3)69-45-49-85-80(56-69)81-57-70(95(4,5)6)46-50-86(81)101(85)74-60-88-92-90(61-74)103-89-54-65(75-40-30-41-77-76-39-28-29-42-82(76)99(91(75)77,67-35-24-18-25-36-67)68-37-26-19-27-38-68)44-48-84(89)100(92)83-47-43-64(66-51-71(96(7,8)9)55-72(52-66)97(10,11)12)53-87(83)102(88)93-78(62-31-20-16-21-32-62)58-73(98(13,14)15)59-79(93)63-33-22-17-23-34-63/h16-61H,1-15H3/i18D,19D,24D,25D,26D,27D,35D,36D,37D,38D. The molecule has 14 aromatic rings. The highest BCUT2D eigenvalue weighted by atomic mass is 16.5. The third-order valence-corrected chi connectivity index (χ3v) is 22.0. The number of anilines is 3. The molecule has 0 saturated heterocycles. The number of rotatable bonds is 8. The van der Waals surface area contributed by atoms with Crippen LogP contribution in [0.4, 0.5) is 17.1 Å². The predicted octanol–water partition coefficient (Wildman–Crippen LogP) is 24.7. The molecule has 3 heterocycles. The van der Waals surface area contributed by atoms with Crippen LogP contribution in [0.3, 0.4) is 0 Å². The quantitative estimate of drug-likeness (QED) is 0.141. The maximum atomic E-state index is 9.96. The van der Waals surface area contributed by atoms with Gasteiger partial charge in [-0.2, -0.15) is 0 Å². The van der Waals surface area contributed by atoms with Gasteiger partial charge in [0.1, 0.15) is 11.5 Å². The number of ether oxygens (including phenoxy) is 1. The molecule has 103 heavy (non-hydrogen) atoms. The van der Waals surface area contributed by atoms with Gasteiger partial charge in [0.25, 0.3) is 6.71 Å². The molecule has 0 amide bonds. The molecule has 17 rings (SSSR count). The summed E-state index contributed by atoms with van der Waals surface area (Å²) in [6, 6.07) is 72.5. The zero-order valence-corrected chi connectivity index (χ0v) is 61.7. The average Bonchev–Trinajstić information content (AvgIpc) is 1.65. The van der Waals surface area contributed by atoms with Crippen molar-refractivity contribution in [3.05, 3.63) is 329 Å². The summed E-state index contributed by atoms with van der Waals surface area (Å²) < 4.78 is 105. The normalized spacial score (nSPS) is 15.3.